The lowest BCUT2D eigenvalue weighted by Crippen LogP contribution is -2.58. The standard InChI is InChI=1S/C17H26O6/c1-6-10(2)13(18)22-16(3,4)15(20)21-12-9-11-7-8-17(12,5)23-14(11)19/h10-12H,6-9H2,1-5H3. The summed E-state index contributed by atoms with van der Waals surface area (Å²) in [5.74, 6) is -1.72. The SMILES string of the molecule is CCC(C)C(=O)OC(C)(C)C(=O)OC1CC2CCC1(C)OC2=O. The number of ether oxygens (including phenoxy) is 3. The molecule has 6 heteroatoms. The Morgan fingerprint density at radius 1 is 1.43 bits per heavy atom. The van der Waals surface area contributed by atoms with Crippen LogP contribution in [0.2, 0.25) is 0 Å². The van der Waals surface area contributed by atoms with Gasteiger partial charge in [-0.2, -0.15) is 0 Å². The van der Waals surface area contributed by atoms with Crippen LogP contribution in [0.3, 0.4) is 0 Å². The maximum atomic E-state index is 12.4. The van der Waals surface area contributed by atoms with Gasteiger partial charge < -0.3 is 14.2 Å². The Bertz CT molecular complexity index is 511. The van der Waals surface area contributed by atoms with E-state index in [1.54, 1.807) is 13.8 Å². The molecule has 4 atom stereocenters. The lowest BCUT2D eigenvalue weighted by atomic mass is 9.74. The largest absolute Gasteiger partial charge is 0.455 e. The average molecular weight is 326 g/mol. The molecule has 0 aromatic rings. The fourth-order valence-electron chi connectivity index (χ4n) is 2.90. The smallest absolute Gasteiger partial charge is 0.350 e. The lowest BCUT2D eigenvalue weighted by molar-refractivity contribution is -0.225. The summed E-state index contributed by atoms with van der Waals surface area (Å²) in [7, 11) is 0. The Morgan fingerprint density at radius 2 is 2.09 bits per heavy atom. The second-order valence-electron chi connectivity index (χ2n) is 7.34. The molecule has 4 unspecified atom stereocenters. The molecule has 6 nitrogen and oxygen atoms in total. The molecule has 0 radical (unpaired) electrons. The van der Waals surface area contributed by atoms with E-state index in [1.807, 2.05) is 6.92 Å². The number of hydrogen-bond donors (Lipinski definition) is 0. The van der Waals surface area contributed by atoms with E-state index in [1.165, 1.54) is 13.8 Å². The second-order valence-corrected chi connectivity index (χ2v) is 7.34. The maximum absolute atomic E-state index is 12.4. The van der Waals surface area contributed by atoms with E-state index < -0.39 is 29.2 Å². The molecule has 1 saturated carbocycles. The first kappa shape index (κ1) is 17.8. The second kappa shape index (κ2) is 6.13. The summed E-state index contributed by atoms with van der Waals surface area (Å²) >= 11 is 0. The lowest BCUT2D eigenvalue weighted by Gasteiger charge is -2.48. The van der Waals surface area contributed by atoms with Crippen LogP contribution in [-0.2, 0) is 28.6 Å². The van der Waals surface area contributed by atoms with Gasteiger partial charge in [-0.25, -0.2) is 4.79 Å². The van der Waals surface area contributed by atoms with Gasteiger partial charge in [-0.15, -0.1) is 0 Å². The van der Waals surface area contributed by atoms with Gasteiger partial charge in [0.25, 0.3) is 0 Å². The van der Waals surface area contributed by atoms with E-state index in [4.69, 9.17) is 14.2 Å². The fourth-order valence-corrected chi connectivity index (χ4v) is 2.90. The van der Waals surface area contributed by atoms with Crippen LogP contribution in [0.1, 0.15) is 60.3 Å². The third-order valence-corrected chi connectivity index (χ3v) is 4.95. The van der Waals surface area contributed by atoms with Crippen LogP contribution in [0.4, 0.5) is 0 Å². The summed E-state index contributed by atoms with van der Waals surface area (Å²) in [5.41, 5.74) is -2.14. The Hall–Kier alpha value is -1.59. The van der Waals surface area contributed by atoms with Crippen molar-refractivity contribution >= 4 is 17.9 Å². The predicted octanol–water partition coefficient (Wildman–Crippen LogP) is 2.38. The highest BCUT2D eigenvalue weighted by molar-refractivity contribution is 5.83. The summed E-state index contributed by atoms with van der Waals surface area (Å²) in [6.45, 7) is 8.46. The van der Waals surface area contributed by atoms with Gasteiger partial charge in [0.1, 0.15) is 11.7 Å². The molecule has 130 valence electrons. The molecule has 0 aromatic carbocycles. The molecule has 3 aliphatic rings. The molecule has 0 amide bonds. The molecular weight excluding hydrogens is 300 g/mol. The highest BCUT2D eigenvalue weighted by atomic mass is 16.6. The summed E-state index contributed by atoms with van der Waals surface area (Å²) in [6.07, 6.45) is 2.05. The number of esters is 3. The minimum Gasteiger partial charge on any atom is -0.455 e. The normalized spacial score (nSPS) is 31.3. The van der Waals surface area contributed by atoms with Crippen LogP contribution in [0, 0.1) is 11.8 Å². The van der Waals surface area contributed by atoms with Crippen molar-refractivity contribution in [3.63, 3.8) is 0 Å². The third kappa shape index (κ3) is 3.51. The molecule has 23 heavy (non-hydrogen) atoms. The summed E-state index contributed by atoms with van der Waals surface area (Å²) in [6, 6.07) is 0. The van der Waals surface area contributed by atoms with Gasteiger partial charge >= 0.3 is 17.9 Å². The topological polar surface area (TPSA) is 78.9 Å². The third-order valence-electron chi connectivity index (χ3n) is 4.95. The number of rotatable bonds is 5. The highest BCUT2D eigenvalue weighted by Crippen LogP contribution is 2.43. The van der Waals surface area contributed by atoms with Crippen LogP contribution < -0.4 is 0 Å². The van der Waals surface area contributed by atoms with Gasteiger partial charge in [0.15, 0.2) is 0 Å². The monoisotopic (exact) mass is 326 g/mol. The zero-order valence-corrected chi connectivity index (χ0v) is 14.5. The molecule has 2 aliphatic heterocycles. The molecule has 2 heterocycles. The van der Waals surface area contributed by atoms with Crippen LogP contribution in [0.25, 0.3) is 0 Å². The van der Waals surface area contributed by atoms with Gasteiger partial charge in [-0.3, -0.25) is 9.59 Å². The van der Waals surface area contributed by atoms with Crippen molar-refractivity contribution < 1.29 is 28.6 Å². The molecule has 1 aliphatic carbocycles. The van der Waals surface area contributed by atoms with E-state index in [0.717, 1.165) is 6.42 Å². The van der Waals surface area contributed by atoms with E-state index in [9.17, 15) is 14.4 Å². The Balaban J connectivity index is 2.01. The Morgan fingerprint density at radius 3 is 2.61 bits per heavy atom. The van der Waals surface area contributed by atoms with Gasteiger partial charge in [-0.1, -0.05) is 13.8 Å². The van der Waals surface area contributed by atoms with E-state index in [0.29, 0.717) is 19.3 Å². The molecule has 2 bridgehead atoms. The van der Waals surface area contributed by atoms with Gasteiger partial charge in [0.05, 0.1) is 11.8 Å². The molecule has 3 fully saturated rings. The average Bonchev–Trinajstić information content (AvgIpc) is 2.46. The zero-order chi connectivity index (χ0) is 17.4. The number of hydrogen-bond acceptors (Lipinski definition) is 6. The van der Waals surface area contributed by atoms with Gasteiger partial charge in [-0.05, 0) is 40.0 Å². The van der Waals surface area contributed by atoms with Crippen molar-refractivity contribution in [2.24, 2.45) is 11.8 Å². The summed E-state index contributed by atoms with van der Waals surface area (Å²) in [5, 5.41) is 0. The van der Waals surface area contributed by atoms with Crippen LogP contribution in [-0.4, -0.2) is 35.2 Å². The number of carbonyl (C=O) groups is 3. The zero-order valence-electron chi connectivity index (χ0n) is 14.5. The van der Waals surface area contributed by atoms with Crippen molar-refractivity contribution in [2.75, 3.05) is 0 Å². The van der Waals surface area contributed by atoms with E-state index >= 15 is 0 Å². The molecule has 3 rings (SSSR count). The van der Waals surface area contributed by atoms with E-state index in [2.05, 4.69) is 0 Å². The Labute approximate surface area is 136 Å². The first-order valence-electron chi connectivity index (χ1n) is 8.26. The fraction of sp³-hybridized carbons (Fsp3) is 0.824. The Kier molecular flexibility index (Phi) is 4.74. The van der Waals surface area contributed by atoms with Gasteiger partial charge in [0.2, 0.25) is 5.60 Å². The molecule has 2 saturated heterocycles. The summed E-state index contributed by atoms with van der Waals surface area (Å²) in [4.78, 5) is 36.1. The van der Waals surface area contributed by atoms with Crippen molar-refractivity contribution in [2.45, 2.75) is 77.6 Å². The van der Waals surface area contributed by atoms with Crippen LogP contribution >= 0.6 is 0 Å². The predicted molar refractivity (Wildman–Crippen MR) is 81.3 cm³/mol. The minimum atomic E-state index is -1.36. The van der Waals surface area contributed by atoms with Crippen molar-refractivity contribution in [3.05, 3.63) is 0 Å². The first-order chi connectivity index (χ1) is 10.6. The summed E-state index contributed by atoms with van der Waals surface area (Å²) < 4.78 is 16.3. The van der Waals surface area contributed by atoms with Crippen molar-refractivity contribution in [1.29, 1.82) is 0 Å². The molecule has 0 N–H and O–H groups in total. The van der Waals surface area contributed by atoms with E-state index in [-0.39, 0.29) is 17.8 Å². The first-order valence-corrected chi connectivity index (χ1v) is 8.26. The van der Waals surface area contributed by atoms with Crippen molar-refractivity contribution in [3.8, 4) is 0 Å². The number of carbonyl (C=O) groups excluding carboxylic acids is 3. The number of fused-ring (bicyclic) bond motifs is 3. The molecule has 0 spiro atoms. The highest BCUT2D eigenvalue weighted by Gasteiger charge is 2.54. The van der Waals surface area contributed by atoms with Crippen LogP contribution in [0.5, 0.6) is 0 Å². The minimum absolute atomic E-state index is 0.208. The molecular formula is C17H26O6. The quantitative estimate of drug-likeness (QED) is 0.570. The van der Waals surface area contributed by atoms with Crippen LogP contribution in [0.15, 0.2) is 0 Å². The van der Waals surface area contributed by atoms with Crippen molar-refractivity contribution in [1.82, 2.24) is 0 Å². The molecule has 0 aromatic heterocycles. The maximum Gasteiger partial charge on any atom is 0.350 e. The van der Waals surface area contributed by atoms with Gasteiger partial charge in [0, 0.05) is 6.42 Å².